The number of fused-ring (bicyclic) bond motifs is 1. The summed E-state index contributed by atoms with van der Waals surface area (Å²) in [5, 5.41) is 4.22. The molecular formula is C18H19N3O. The molecule has 0 saturated heterocycles. The number of carbonyl (C=O) groups is 1. The van der Waals surface area contributed by atoms with Gasteiger partial charge in [0.05, 0.1) is 5.71 Å². The van der Waals surface area contributed by atoms with Crippen LogP contribution in [-0.2, 0) is 12.8 Å². The Morgan fingerprint density at radius 3 is 2.55 bits per heavy atom. The van der Waals surface area contributed by atoms with E-state index in [1.165, 1.54) is 30.4 Å². The first-order valence-corrected chi connectivity index (χ1v) is 7.61. The van der Waals surface area contributed by atoms with Gasteiger partial charge >= 0.3 is 0 Å². The van der Waals surface area contributed by atoms with Gasteiger partial charge in [-0.3, -0.25) is 9.78 Å². The van der Waals surface area contributed by atoms with Crippen LogP contribution in [0.4, 0.5) is 0 Å². The van der Waals surface area contributed by atoms with E-state index in [1.807, 2.05) is 6.92 Å². The molecule has 0 atom stereocenters. The van der Waals surface area contributed by atoms with Crippen molar-refractivity contribution >= 4 is 11.6 Å². The topological polar surface area (TPSA) is 54.4 Å². The van der Waals surface area contributed by atoms with Crippen LogP contribution in [0.1, 0.15) is 46.8 Å². The van der Waals surface area contributed by atoms with Crippen LogP contribution in [0.5, 0.6) is 0 Å². The fourth-order valence-electron chi connectivity index (χ4n) is 2.73. The van der Waals surface area contributed by atoms with E-state index in [9.17, 15) is 4.79 Å². The maximum atomic E-state index is 12.0. The molecule has 1 N–H and O–H groups in total. The zero-order valence-electron chi connectivity index (χ0n) is 12.7. The molecule has 4 nitrogen and oxygen atoms in total. The number of amides is 1. The van der Waals surface area contributed by atoms with E-state index in [-0.39, 0.29) is 5.91 Å². The van der Waals surface area contributed by atoms with Gasteiger partial charge < -0.3 is 0 Å². The van der Waals surface area contributed by atoms with E-state index < -0.39 is 0 Å². The van der Waals surface area contributed by atoms with Crippen molar-refractivity contribution in [2.24, 2.45) is 5.10 Å². The Kier molecular flexibility index (Phi) is 4.28. The number of aryl methyl sites for hydroxylation is 2. The molecular weight excluding hydrogens is 274 g/mol. The molecule has 0 bridgehead atoms. The lowest BCUT2D eigenvalue weighted by Crippen LogP contribution is -2.19. The van der Waals surface area contributed by atoms with Gasteiger partial charge in [-0.25, -0.2) is 5.43 Å². The SMILES string of the molecule is C/C(=N\NC(=O)c1ccncc1)c1ccc2c(c1)CCCC2. The second kappa shape index (κ2) is 6.52. The summed E-state index contributed by atoms with van der Waals surface area (Å²) in [6.07, 6.45) is 8.03. The van der Waals surface area contributed by atoms with E-state index in [0.29, 0.717) is 5.56 Å². The molecule has 4 heteroatoms. The number of hydrogen-bond acceptors (Lipinski definition) is 3. The van der Waals surface area contributed by atoms with Crippen LogP contribution in [0.2, 0.25) is 0 Å². The summed E-state index contributed by atoms with van der Waals surface area (Å²) in [6.45, 7) is 1.91. The van der Waals surface area contributed by atoms with E-state index in [2.05, 4.69) is 33.7 Å². The molecule has 0 spiro atoms. The van der Waals surface area contributed by atoms with Gasteiger partial charge in [-0.05, 0) is 67.5 Å². The van der Waals surface area contributed by atoms with Crippen molar-refractivity contribution in [2.75, 3.05) is 0 Å². The highest BCUT2D eigenvalue weighted by molar-refractivity contribution is 6.01. The normalized spacial score (nSPS) is 14.3. The maximum absolute atomic E-state index is 12.0. The van der Waals surface area contributed by atoms with Crippen LogP contribution in [0.15, 0.2) is 47.8 Å². The quantitative estimate of drug-likeness (QED) is 0.698. The molecule has 1 aromatic carbocycles. The molecule has 1 aliphatic rings. The highest BCUT2D eigenvalue weighted by Gasteiger charge is 2.10. The van der Waals surface area contributed by atoms with Gasteiger partial charge in [-0.15, -0.1) is 0 Å². The number of hydrazone groups is 1. The molecule has 0 fully saturated rings. The Balaban J connectivity index is 1.73. The fourth-order valence-corrected chi connectivity index (χ4v) is 2.73. The van der Waals surface area contributed by atoms with Gasteiger partial charge in [0.2, 0.25) is 0 Å². The molecule has 1 aromatic heterocycles. The van der Waals surface area contributed by atoms with Crippen LogP contribution in [0, 0.1) is 0 Å². The molecule has 0 unspecified atom stereocenters. The summed E-state index contributed by atoms with van der Waals surface area (Å²) in [7, 11) is 0. The lowest BCUT2D eigenvalue weighted by atomic mass is 9.90. The average Bonchev–Trinajstić information content (AvgIpc) is 2.59. The molecule has 112 valence electrons. The molecule has 2 aromatic rings. The second-order valence-electron chi connectivity index (χ2n) is 5.56. The van der Waals surface area contributed by atoms with Crippen molar-refractivity contribution in [1.29, 1.82) is 0 Å². The van der Waals surface area contributed by atoms with Crippen molar-refractivity contribution in [3.05, 3.63) is 65.0 Å². The Labute approximate surface area is 130 Å². The van der Waals surface area contributed by atoms with Gasteiger partial charge in [-0.1, -0.05) is 12.1 Å². The summed E-state index contributed by atoms with van der Waals surface area (Å²) in [5.41, 5.74) is 7.90. The number of hydrogen-bond donors (Lipinski definition) is 1. The zero-order valence-corrected chi connectivity index (χ0v) is 12.7. The standard InChI is InChI=1S/C18H19N3O/c1-13(20-21-18(22)15-8-10-19-11-9-15)16-7-6-14-4-2-3-5-17(14)12-16/h6-12H,2-5H2,1H3,(H,21,22)/b20-13+. The largest absolute Gasteiger partial charge is 0.271 e. The first kappa shape index (κ1) is 14.4. The Morgan fingerprint density at radius 1 is 1.05 bits per heavy atom. The third-order valence-corrected chi connectivity index (χ3v) is 4.03. The Morgan fingerprint density at radius 2 is 1.77 bits per heavy atom. The number of benzene rings is 1. The Hall–Kier alpha value is -2.49. The molecule has 1 amide bonds. The zero-order chi connectivity index (χ0) is 15.4. The van der Waals surface area contributed by atoms with E-state index in [1.54, 1.807) is 24.5 Å². The van der Waals surface area contributed by atoms with Crippen LogP contribution in [0.25, 0.3) is 0 Å². The number of nitrogens with zero attached hydrogens (tertiary/aromatic N) is 2. The molecule has 0 saturated carbocycles. The number of pyridine rings is 1. The molecule has 22 heavy (non-hydrogen) atoms. The molecule has 1 aliphatic carbocycles. The first-order valence-electron chi connectivity index (χ1n) is 7.61. The van der Waals surface area contributed by atoms with Crippen molar-refractivity contribution in [1.82, 2.24) is 10.4 Å². The van der Waals surface area contributed by atoms with Crippen LogP contribution >= 0.6 is 0 Å². The third-order valence-electron chi connectivity index (χ3n) is 4.03. The maximum Gasteiger partial charge on any atom is 0.271 e. The van der Waals surface area contributed by atoms with E-state index in [0.717, 1.165) is 17.7 Å². The number of nitrogens with one attached hydrogen (secondary N) is 1. The molecule has 3 rings (SSSR count). The van der Waals surface area contributed by atoms with Gasteiger partial charge in [0, 0.05) is 18.0 Å². The lowest BCUT2D eigenvalue weighted by molar-refractivity contribution is 0.0954. The smallest absolute Gasteiger partial charge is 0.267 e. The van der Waals surface area contributed by atoms with Crippen LogP contribution in [0.3, 0.4) is 0 Å². The number of aromatic nitrogens is 1. The summed E-state index contributed by atoms with van der Waals surface area (Å²) in [4.78, 5) is 15.9. The predicted molar refractivity (Wildman–Crippen MR) is 87.0 cm³/mol. The monoisotopic (exact) mass is 293 g/mol. The van der Waals surface area contributed by atoms with Crippen molar-refractivity contribution < 1.29 is 4.79 Å². The Bertz CT molecular complexity index is 708. The highest BCUT2D eigenvalue weighted by atomic mass is 16.2. The minimum Gasteiger partial charge on any atom is -0.267 e. The van der Waals surface area contributed by atoms with Crippen molar-refractivity contribution in [3.63, 3.8) is 0 Å². The van der Waals surface area contributed by atoms with Crippen molar-refractivity contribution in [2.45, 2.75) is 32.6 Å². The highest BCUT2D eigenvalue weighted by Crippen LogP contribution is 2.22. The van der Waals surface area contributed by atoms with E-state index >= 15 is 0 Å². The van der Waals surface area contributed by atoms with Crippen LogP contribution < -0.4 is 5.43 Å². The average molecular weight is 293 g/mol. The summed E-state index contributed by atoms with van der Waals surface area (Å²) < 4.78 is 0. The summed E-state index contributed by atoms with van der Waals surface area (Å²) in [6, 6.07) is 9.80. The fraction of sp³-hybridized carbons (Fsp3) is 0.278. The van der Waals surface area contributed by atoms with E-state index in [4.69, 9.17) is 0 Å². The van der Waals surface area contributed by atoms with Gasteiger partial charge in [0.1, 0.15) is 0 Å². The number of carbonyl (C=O) groups excluding carboxylic acids is 1. The second-order valence-corrected chi connectivity index (χ2v) is 5.56. The van der Waals surface area contributed by atoms with Gasteiger partial charge in [0.15, 0.2) is 0 Å². The lowest BCUT2D eigenvalue weighted by Gasteiger charge is -2.16. The molecule has 0 aliphatic heterocycles. The summed E-state index contributed by atoms with van der Waals surface area (Å²) in [5.74, 6) is -0.222. The third kappa shape index (κ3) is 3.22. The minimum absolute atomic E-state index is 0.222. The van der Waals surface area contributed by atoms with Gasteiger partial charge in [-0.2, -0.15) is 5.10 Å². The van der Waals surface area contributed by atoms with Crippen LogP contribution in [-0.4, -0.2) is 16.6 Å². The molecule has 0 radical (unpaired) electrons. The van der Waals surface area contributed by atoms with Gasteiger partial charge in [0.25, 0.3) is 5.91 Å². The number of rotatable bonds is 3. The first-order chi connectivity index (χ1) is 10.7. The minimum atomic E-state index is -0.222. The van der Waals surface area contributed by atoms with Crippen molar-refractivity contribution in [3.8, 4) is 0 Å². The molecule has 1 heterocycles. The summed E-state index contributed by atoms with van der Waals surface area (Å²) >= 11 is 0. The predicted octanol–water partition coefficient (Wildman–Crippen LogP) is 3.11.